The quantitative estimate of drug-likeness (QED) is 0.292. The molecule has 1 amide bonds. The molecule has 8 nitrogen and oxygen atoms in total. The maximum atomic E-state index is 13.1. The van der Waals surface area contributed by atoms with E-state index in [2.05, 4.69) is 22.4 Å². The lowest BCUT2D eigenvalue weighted by molar-refractivity contribution is -0.125. The van der Waals surface area contributed by atoms with Crippen LogP contribution in [-0.2, 0) is 9.63 Å². The number of rotatable bonds is 12. The maximum Gasteiger partial charge on any atom is 0.339 e. The summed E-state index contributed by atoms with van der Waals surface area (Å²) in [6.45, 7) is 8.34. The Morgan fingerprint density at radius 2 is 2.13 bits per heavy atom. The van der Waals surface area contributed by atoms with Gasteiger partial charge in [0.1, 0.15) is 34.4 Å². The number of oxime groups is 1. The number of hydrogen-bond donors (Lipinski definition) is 1. The molecule has 172 valence electrons. The van der Waals surface area contributed by atoms with Crippen molar-refractivity contribution < 1.29 is 18.8 Å². The topological polar surface area (TPSA) is 102 Å². The molecule has 2 atom stereocenters. The van der Waals surface area contributed by atoms with Crippen molar-refractivity contribution in [3.8, 4) is 5.75 Å². The van der Waals surface area contributed by atoms with Gasteiger partial charge in [0.25, 0.3) is 0 Å². The zero-order valence-corrected chi connectivity index (χ0v) is 19.8. The Labute approximate surface area is 187 Å². The minimum atomic E-state index is -0.940. The summed E-state index contributed by atoms with van der Waals surface area (Å²) in [7, 11) is 1.48. The number of hydrogen-bond acceptors (Lipinski definition) is 8. The van der Waals surface area contributed by atoms with Crippen LogP contribution in [0.2, 0.25) is 0 Å². The predicted molar refractivity (Wildman–Crippen MR) is 124 cm³/mol. The molecule has 1 aromatic heterocycles. The molecule has 1 aliphatic heterocycles. The highest BCUT2D eigenvalue weighted by Gasteiger charge is 2.40. The van der Waals surface area contributed by atoms with Crippen LogP contribution in [0.25, 0.3) is 0 Å². The fourth-order valence-corrected chi connectivity index (χ4v) is 4.17. The summed E-state index contributed by atoms with van der Waals surface area (Å²) in [5, 5.41) is 7.84. The molecule has 0 saturated heterocycles. The first-order chi connectivity index (χ1) is 14.8. The van der Waals surface area contributed by atoms with Gasteiger partial charge < -0.3 is 19.3 Å². The van der Waals surface area contributed by atoms with E-state index in [1.807, 2.05) is 13.8 Å². The standard InChI is InChI=1S/C22H33N3O5S/c1-6-8-9-11-29-25-15(3)20-24-22(4,14-31-20)21(27)23-17(10-7-2)18-12-16(28-5)13-19(26)30-18/h12-13,17H,6-11,14H2,1-5H3,(H,23,27)/b25-15+/t17-,22+/m1/s1. The van der Waals surface area contributed by atoms with Crippen LogP contribution >= 0.6 is 11.8 Å². The number of amides is 1. The summed E-state index contributed by atoms with van der Waals surface area (Å²) in [4.78, 5) is 34.9. The number of carbonyl (C=O) groups excluding carboxylic acids is 1. The van der Waals surface area contributed by atoms with E-state index in [1.165, 1.54) is 24.9 Å². The lowest BCUT2D eigenvalue weighted by Crippen LogP contribution is -2.45. The number of nitrogens with zero attached hydrogens (tertiary/aromatic N) is 2. The second-order valence-corrected chi connectivity index (χ2v) is 8.69. The van der Waals surface area contributed by atoms with Gasteiger partial charge in [0.2, 0.25) is 5.91 Å². The molecule has 1 aliphatic rings. The van der Waals surface area contributed by atoms with E-state index in [9.17, 15) is 9.59 Å². The van der Waals surface area contributed by atoms with Gasteiger partial charge in [-0.2, -0.15) is 0 Å². The summed E-state index contributed by atoms with van der Waals surface area (Å²) in [6.07, 6.45) is 4.61. The summed E-state index contributed by atoms with van der Waals surface area (Å²) < 4.78 is 10.5. The molecule has 0 aliphatic carbocycles. The first-order valence-corrected chi connectivity index (χ1v) is 11.7. The molecule has 2 heterocycles. The van der Waals surface area contributed by atoms with Crippen molar-refractivity contribution in [2.75, 3.05) is 19.5 Å². The Kier molecular flexibility index (Phi) is 9.61. The number of nitrogens with one attached hydrogen (secondary N) is 1. The van der Waals surface area contributed by atoms with Crippen LogP contribution in [0, 0.1) is 0 Å². The number of aliphatic imine (C=N–C) groups is 1. The zero-order chi connectivity index (χ0) is 22.9. The number of thioether (sulfide) groups is 1. The highest BCUT2D eigenvalue weighted by molar-refractivity contribution is 8.16. The van der Waals surface area contributed by atoms with Gasteiger partial charge in [0.05, 0.1) is 19.2 Å². The smallest absolute Gasteiger partial charge is 0.339 e. The largest absolute Gasteiger partial charge is 0.496 e. The van der Waals surface area contributed by atoms with Gasteiger partial charge in [-0.1, -0.05) is 38.3 Å². The SMILES string of the molecule is CCCCCO/N=C(\C)C1=N[C@](C)(C(=O)N[C@H](CCC)c2cc(OC)cc(=O)o2)CS1. The summed E-state index contributed by atoms with van der Waals surface area (Å²) >= 11 is 1.48. The molecule has 0 radical (unpaired) electrons. The van der Waals surface area contributed by atoms with Crippen LogP contribution in [0.4, 0.5) is 0 Å². The van der Waals surface area contributed by atoms with E-state index in [1.54, 1.807) is 13.0 Å². The Morgan fingerprint density at radius 3 is 2.81 bits per heavy atom. The fraction of sp³-hybridized carbons (Fsp3) is 0.636. The van der Waals surface area contributed by atoms with E-state index >= 15 is 0 Å². The van der Waals surface area contributed by atoms with Crippen molar-refractivity contribution in [1.82, 2.24) is 5.32 Å². The molecular formula is C22H33N3O5S. The van der Waals surface area contributed by atoms with Crippen molar-refractivity contribution in [1.29, 1.82) is 0 Å². The van der Waals surface area contributed by atoms with Gasteiger partial charge in [-0.15, -0.1) is 11.8 Å². The van der Waals surface area contributed by atoms with Crippen LogP contribution < -0.4 is 15.7 Å². The van der Waals surface area contributed by atoms with Gasteiger partial charge in [0, 0.05) is 11.8 Å². The van der Waals surface area contributed by atoms with E-state index in [4.69, 9.17) is 14.0 Å². The third-order valence-electron chi connectivity index (χ3n) is 4.90. The van der Waals surface area contributed by atoms with Crippen molar-refractivity contribution in [3.63, 3.8) is 0 Å². The Morgan fingerprint density at radius 1 is 1.35 bits per heavy atom. The third kappa shape index (κ3) is 7.12. The van der Waals surface area contributed by atoms with Crippen molar-refractivity contribution in [3.05, 3.63) is 28.3 Å². The second kappa shape index (κ2) is 11.9. The van der Waals surface area contributed by atoms with E-state index in [-0.39, 0.29) is 5.91 Å². The first kappa shape index (κ1) is 25.0. The molecule has 1 aromatic rings. The molecule has 31 heavy (non-hydrogen) atoms. The van der Waals surface area contributed by atoms with Gasteiger partial charge in [-0.05, 0) is 26.7 Å². The van der Waals surface area contributed by atoms with Crippen LogP contribution in [-0.4, -0.2) is 41.7 Å². The molecule has 0 saturated carbocycles. The maximum absolute atomic E-state index is 13.1. The van der Waals surface area contributed by atoms with E-state index in [0.29, 0.717) is 41.0 Å². The Bertz CT molecular complexity index is 867. The molecule has 9 heteroatoms. The summed E-state index contributed by atoms with van der Waals surface area (Å²) in [5.41, 5.74) is -0.787. The molecule has 2 rings (SSSR count). The number of ether oxygens (including phenoxy) is 1. The number of methoxy groups -OCH3 is 1. The minimum absolute atomic E-state index is 0.226. The van der Waals surface area contributed by atoms with Crippen LogP contribution in [0.3, 0.4) is 0 Å². The van der Waals surface area contributed by atoms with E-state index in [0.717, 1.165) is 25.7 Å². The van der Waals surface area contributed by atoms with Crippen molar-refractivity contribution in [2.24, 2.45) is 10.1 Å². The van der Waals surface area contributed by atoms with Gasteiger partial charge in [-0.3, -0.25) is 9.79 Å². The first-order valence-electron chi connectivity index (χ1n) is 10.7. The molecule has 0 unspecified atom stereocenters. The highest BCUT2D eigenvalue weighted by Crippen LogP contribution is 2.30. The van der Waals surface area contributed by atoms with Crippen molar-refractivity contribution in [2.45, 2.75) is 71.4 Å². The van der Waals surface area contributed by atoms with E-state index < -0.39 is 17.2 Å². The fourth-order valence-electron chi connectivity index (χ4n) is 3.05. The minimum Gasteiger partial charge on any atom is -0.496 e. The number of carbonyl (C=O) groups is 1. The summed E-state index contributed by atoms with van der Waals surface area (Å²) in [5.74, 6) is 1.04. The van der Waals surface area contributed by atoms with Crippen molar-refractivity contribution >= 4 is 28.4 Å². The normalized spacial score (nSPS) is 19.6. The van der Waals surface area contributed by atoms with Gasteiger partial charge >= 0.3 is 5.63 Å². The predicted octanol–water partition coefficient (Wildman–Crippen LogP) is 4.09. The van der Waals surface area contributed by atoms with Crippen LogP contribution in [0.15, 0.2) is 31.5 Å². The van der Waals surface area contributed by atoms with Gasteiger partial charge in [-0.25, -0.2) is 4.79 Å². The average Bonchev–Trinajstić information content (AvgIpc) is 3.16. The molecule has 0 fully saturated rings. The monoisotopic (exact) mass is 451 g/mol. The highest BCUT2D eigenvalue weighted by atomic mass is 32.2. The van der Waals surface area contributed by atoms with Crippen LogP contribution in [0.5, 0.6) is 5.75 Å². The Hall–Kier alpha value is -2.29. The second-order valence-electron chi connectivity index (χ2n) is 7.73. The molecule has 0 bridgehead atoms. The Balaban J connectivity index is 2.10. The van der Waals surface area contributed by atoms with Crippen LogP contribution in [0.1, 0.15) is 71.6 Å². The third-order valence-corrected chi connectivity index (χ3v) is 6.27. The molecule has 0 spiro atoms. The lowest BCUT2D eigenvalue weighted by Gasteiger charge is -2.24. The molecular weight excluding hydrogens is 418 g/mol. The lowest BCUT2D eigenvalue weighted by atomic mass is 10.0. The summed E-state index contributed by atoms with van der Waals surface area (Å²) in [6, 6.07) is 2.46. The molecule has 0 aromatic carbocycles. The number of unbranched alkanes of at least 4 members (excludes halogenated alkanes) is 2. The zero-order valence-electron chi connectivity index (χ0n) is 19.0. The average molecular weight is 452 g/mol. The molecule has 1 N–H and O–H groups in total. The van der Waals surface area contributed by atoms with Gasteiger partial charge in [0.15, 0.2) is 0 Å².